The smallest absolute Gasteiger partial charge is 0.152 e. The number of pyridine rings is 1. The van der Waals surface area contributed by atoms with Gasteiger partial charge in [-0.2, -0.15) is 0 Å². The molecule has 1 aromatic carbocycles. The first-order chi connectivity index (χ1) is 12.3. The molecule has 0 spiro atoms. The van der Waals surface area contributed by atoms with E-state index in [2.05, 4.69) is 10.6 Å². The molecule has 0 bridgehead atoms. The Labute approximate surface area is 170 Å². The Balaban J connectivity index is 0.00000210. The maximum absolute atomic E-state index is 11.9. The molecule has 1 fully saturated rings. The first-order valence-corrected chi connectivity index (χ1v) is 10.9. The molecule has 1 aliphatic heterocycles. The summed E-state index contributed by atoms with van der Waals surface area (Å²) in [6, 6.07) is 10.0. The molecule has 4 rings (SSSR count). The Kier molecular flexibility index (Phi) is 5.32. The molecule has 3 heterocycles. The van der Waals surface area contributed by atoms with Crippen LogP contribution in [0.25, 0.3) is 22.2 Å². The van der Waals surface area contributed by atoms with E-state index in [1.54, 1.807) is 0 Å². The van der Waals surface area contributed by atoms with Gasteiger partial charge in [-0.05, 0) is 44.9 Å². The highest BCUT2D eigenvalue weighted by Crippen LogP contribution is 2.38. The highest BCUT2D eigenvalue weighted by Gasteiger charge is 2.31. The van der Waals surface area contributed by atoms with Gasteiger partial charge in [-0.15, -0.1) is 12.4 Å². The lowest BCUT2D eigenvalue weighted by molar-refractivity contribution is 0.536. The molecule has 144 valence electrons. The van der Waals surface area contributed by atoms with Crippen LogP contribution in [0, 0.1) is 20.8 Å². The first-order valence-electron chi connectivity index (χ1n) is 8.72. The molecular weight excluding hydrogens is 403 g/mol. The van der Waals surface area contributed by atoms with Gasteiger partial charge in [-0.25, -0.2) is 13.4 Å². The fourth-order valence-electron chi connectivity index (χ4n) is 4.09. The second-order valence-electron chi connectivity index (χ2n) is 7.13. The van der Waals surface area contributed by atoms with Crippen molar-refractivity contribution < 1.29 is 8.42 Å². The zero-order chi connectivity index (χ0) is 18.6. The summed E-state index contributed by atoms with van der Waals surface area (Å²) in [6.07, 6.45) is 0.663. The number of halogens is 2. The van der Waals surface area contributed by atoms with Crippen molar-refractivity contribution in [2.75, 3.05) is 11.5 Å². The number of sulfone groups is 1. The SMILES string of the molecule is Cc1c(Cl)c(-c2cc(C)n(C3CCS(=O)(=O)C3)c2C)nc2ccccc12.Cl. The Hall–Kier alpha value is -1.56. The van der Waals surface area contributed by atoms with Crippen LogP contribution in [0.15, 0.2) is 30.3 Å². The predicted molar refractivity (Wildman–Crippen MR) is 114 cm³/mol. The van der Waals surface area contributed by atoms with E-state index in [4.69, 9.17) is 16.6 Å². The van der Waals surface area contributed by atoms with Crippen molar-refractivity contribution in [2.45, 2.75) is 33.2 Å². The van der Waals surface area contributed by atoms with Crippen LogP contribution in [0.3, 0.4) is 0 Å². The summed E-state index contributed by atoms with van der Waals surface area (Å²) < 4.78 is 26.0. The number of aryl methyl sites for hydroxylation is 2. The third kappa shape index (κ3) is 3.37. The van der Waals surface area contributed by atoms with Crippen molar-refractivity contribution in [3.05, 3.63) is 52.3 Å². The summed E-state index contributed by atoms with van der Waals surface area (Å²) in [5.74, 6) is 0.471. The largest absolute Gasteiger partial charge is 0.344 e. The third-order valence-corrected chi connectivity index (χ3v) is 7.60. The molecule has 27 heavy (non-hydrogen) atoms. The van der Waals surface area contributed by atoms with Crippen LogP contribution < -0.4 is 0 Å². The molecule has 0 aliphatic carbocycles. The van der Waals surface area contributed by atoms with Crippen LogP contribution in [0.5, 0.6) is 0 Å². The average Bonchev–Trinajstić information content (AvgIpc) is 3.09. The van der Waals surface area contributed by atoms with E-state index in [-0.39, 0.29) is 30.0 Å². The van der Waals surface area contributed by atoms with E-state index in [0.29, 0.717) is 11.4 Å². The number of aromatic nitrogens is 2. The maximum atomic E-state index is 11.9. The number of hydrogen-bond donors (Lipinski definition) is 0. The molecule has 0 N–H and O–H groups in total. The summed E-state index contributed by atoms with van der Waals surface area (Å²) >= 11 is 6.68. The van der Waals surface area contributed by atoms with E-state index in [0.717, 1.165) is 39.1 Å². The number of benzene rings is 1. The van der Waals surface area contributed by atoms with Gasteiger partial charge in [0.05, 0.1) is 27.7 Å². The van der Waals surface area contributed by atoms with Crippen molar-refractivity contribution in [3.8, 4) is 11.3 Å². The van der Waals surface area contributed by atoms with Crippen LogP contribution >= 0.6 is 24.0 Å². The summed E-state index contributed by atoms with van der Waals surface area (Å²) in [4.78, 5) is 4.81. The second kappa shape index (κ2) is 7.12. The minimum atomic E-state index is -2.94. The Morgan fingerprint density at radius 2 is 1.89 bits per heavy atom. The van der Waals surface area contributed by atoms with Crippen LogP contribution in [0.1, 0.15) is 29.4 Å². The van der Waals surface area contributed by atoms with Gasteiger partial charge in [0.25, 0.3) is 0 Å². The average molecular weight is 425 g/mol. The van der Waals surface area contributed by atoms with Crippen molar-refractivity contribution in [3.63, 3.8) is 0 Å². The Bertz CT molecular complexity index is 1140. The molecule has 1 aliphatic rings. The Morgan fingerprint density at radius 3 is 2.56 bits per heavy atom. The fourth-order valence-corrected chi connectivity index (χ4v) is 6.04. The van der Waals surface area contributed by atoms with Crippen LogP contribution in [0.4, 0.5) is 0 Å². The molecule has 1 unspecified atom stereocenters. The molecular formula is C20H22Cl2N2O2S. The zero-order valence-corrected chi connectivity index (χ0v) is 17.9. The zero-order valence-electron chi connectivity index (χ0n) is 15.5. The molecule has 1 atom stereocenters. The van der Waals surface area contributed by atoms with Gasteiger partial charge >= 0.3 is 0 Å². The topological polar surface area (TPSA) is 52.0 Å². The van der Waals surface area contributed by atoms with Gasteiger partial charge in [0.2, 0.25) is 0 Å². The lowest BCUT2D eigenvalue weighted by Gasteiger charge is -2.17. The Morgan fingerprint density at radius 1 is 1.19 bits per heavy atom. The fraction of sp³-hybridized carbons (Fsp3) is 0.350. The molecule has 0 radical (unpaired) electrons. The second-order valence-corrected chi connectivity index (χ2v) is 9.73. The number of rotatable bonds is 2. The van der Waals surface area contributed by atoms with Crippen molar-refractivity contribution in [1.29, 1.82) is 0 Å². The monoisotopic (exact) mass is 424 g/mol. The van der Waals surface area contributed by atoms with Gasteiger partial charge in [0.15, 0.2) is 9.84 Å². The van der Waals surface area contributed by atoms with E-state index in [9.17, 15) is 8.42 Å². The standard InChI is InChI=1S/C20H21ClN2O2S.ClH/c1-12-10-17(14(3)23(12)15-8-9-26(24,25)11-15)20-19(21)13(2)16-6-4-5-7-18(16)22-20;/h4-7,10,15H,8-9,11H2,1-3H3;1H. The van der Waals surface area contributed by atoms with Gasteiger partial charge in [-0.1, -0.05) is 29.8 Å². The number of nitrogens with zero attached hydrogens (tertiary/aromatic N) is 2. The third-order valence-electron chi connectivity index (χ3n) is 5.39. The van der Waals surface area contributed by atoms with Gasteiger partial charge < -0.3 is 4.57 Å². The number of hydrogen-bond acceptors (Lipinski definition) is 3. The minimum Gasteiger partial charge on any atom is -0.344 e. The normalized spacial score (nSPS) is 18.6. The van der Waals surface area contributed by atoms with Crippen molar-refractivity contribution in [2.24, 2.45) is 0 Å². The van der Waals surface area contributed by atoms with Crippen molar-refractivity contribution in [1.82, 2.24) is 9.55 Å². The van der Waals surface area contributed by atoms with Crippen LogP contribution in [0.2, 0.25) is 5.02 Å². The lowest BCUT2D eigenvalue weighted by atomic mass is 10.0. The summed E-state index contributed by atoms with van der Waals surface area (Å²) in [5, 5.41) is 1.71. The summed E-state index contributed by atoms with van der Waals surface area (Å²) in [6.45, 7) is 6.05. The quantitative estimate of drug-likeness (QED) is 0.577. The van der Waals surface area contributed by atoms with E-state index in [1.165, 1.54) is 0 Å². The molecule has 4 nitrogen and oxygen atoms in total. The number of para-hydroxylation sites is 1. The molecule has 1 saturated heterocycles. The number of fused-ring (bicyclic) bond motifs is 1. The summed E-state index contributed by atoms with van der Waals surface area (Å²) in [7, 11) is -2.94. The van der Waals surface area contributed by atoms with Gasteiger partial charge in [0.1, 0.15) is 0 Å². The summed E-state index contributed by atoms with van der Waals surface area (Å²) in [5.41, 5.74) is 5.74. The highest BCUT2D eigenvalue weighted by molar-refractivity contribution is 7.91. The van der Waals surface area contributed by atoms with E-state index in [1.807, 2.05) is 45.0 Å². The van der Waals surface area contributed by atoms with Crippen LogP contribution in [-0.2, 0) is 9.84 Å². The predicted octanol–water partition coefficient (Wildman–Crippen LogP) is 5.06. The van der Waals surface area contributed by atoms with Crippen molar-refractivity contribution >= 4 is 44.7 Å². The molecule has 7 heteroatoms. The first kappa shape index (κ1) is 20.2. The minimum absolute atomic E-state index is 0. The van der Waals surface area contributed by atoms with E-state index >= 15 is 0 Å². The molecule has 2 aromatic heterocycles. The lowest BCUT2D eigenvalue weighted by Crippen LogP contribution is -2.13. The van der Waals surface area contributed by atoms with Gasteiger partial charge in [0, 0.05) is 28.4 Å². The van der Waals surface area contributed by atoms with Gasteiger partial charge in [-0.3, -0.25) is 0 Å². The molecule has 3 aromatic rings. The molecule has 0 amide bonds. The maximum Gasteiger partial charge on any atom is 0.152 e. The molecule has 0 saturated carbocycles. The van der Waals surface area contributed by atoms with E-state index < -0.39 is 9.84 Å². The highest BCUT2D eigenvalue weighted by atomic mass is 35.5. The van der Waals surface area contributed by atoms with Crippen LogP contribution in [-0.4, -0.2) is 29.5 Å².